The van der Waals surface area contributed by atoms with Crippen molar-refractivity contribution in [2.24, 2.45) is 0 Å². The number of amides is 1. The predicted molar refractivity (Wildman–Crippen MR) is 91.9 cm³/mol. The number of hydrogen-bond donors (Lipinski definition) is 1. The summed E-state index contributed by atoms with van der Waals surface area (Å²) in [4.78, 5) is 24.7. The monoisotopic (exact) mass is 363 g/mol. The maximum atomic E-state index is 12.2. The van der Waals surface area contributed by atoms with Gasteiger partial charge in [-0.15, -0.1) is 10.2 Å². The fourth-order valence-corrected chi connectivity index (χ4v) is 3.14. The van der Waals surface area contributed by atoms with Crippen molar-refractivity contribution in [2.45, 2.75) is 6.42 Å². The Hall–Kier alpha value is -2.43. The Balaban J connectivity index is 1.56. The number of carbonyl (C=O) groups excluding carboxylic acids is 1. The minimum atomic E-state index is -0.536. The number of nitrogens with one attached hydrogen (secondary N) is 1. The predicted octanol–water partition coefficient (Wildman–Crippen LogP) is 1.57. The van der Waals surface area contributed by atoms with Crippen LogP contribution in [0.5, 0.6) is 0 Å². The van der Waals surface area contributed by atoms with Crippen molar-refractivity contribution < 1.29 is 14.5 Å². The van der Waals surface area contributed by atoms with Gasteiger partial charge < -0.3 is 4.74 Å². The molecule has 2 aromatic rings. The number of anilines is 1. The Morgan fingerprint density at radius 1 is 1.36 bits per heavy atom. The van der Waals surface area contributed by atoms with Crippen LogP contribution in [0.15, 0.2) is 24.3 Å². The van der Waals surface area contributed by atoms with E-state index >= 15 is 0 Å². The van der Waals surface area contributed by atoms with Gasteiger partial charge in [0.15, 0.2) is 0 Å². The van der Waals surface area contributed by atoms with Gasteiger partial charge in [-0.2, -0.15) is 0 Å². The number of nitro benzene ring substituents is 1. The van der Waals surface area contributed by atoms with E-state index in [9.17, 15) is 14.9 Å². The molecular formula is C15H17N5O4S. The number of nitrogens with zero attached hydrogens (tertiary/aromatic N) is 4. The number of aromatic nitrogens is 2. The fourth-order valence-electron chi connectivity index (χ4n) is 2.41. The summed E-state index contributed by atoms with van der Waals surface area (Å²) < 4.78 is 5.31. The van der Waals surface area contributed by atoms with Crippen LogP contribution in [0.2, 0.25) is 0 Å². The molecule has 1 saturated heterocycles. The summed E-state index contributed by atoms with van der Waals surface area (Å²) in [6.45, 7) is 4.20. The lowest BCUT2D eigenvalue weighted by Gasteiger charge is -2.25. The van der Waals surface area contributed by atoms with Gasteiger partial charge in [0.05, 0.1) is 18.1 Å². The molecule has 0 bridgehead atoms. The number of non-ortho nitro benzene ring substituents is 1. The Bertz CT molecular complexity index is 760. The number of rotatable bonds is 6. The zero-order valence-corrected chi connectivity index (χ0v) is 14.2. The maximum absolute atomic E-state index is 12.2. The third-order valence-electron chi connectivity index (χ3n) is 3.75. The van der Waals surface area contributed by atoms with Crippen LogP contribution in [0.4, 0.5) is 10.8 Å². The lowest BCUT2D eigenvalue weighted by molar-refractivity contribution is -0.384. The Kier molecular flexibility index (Phi) is 5.64. The molecule has 0 unspecified atom stereocenters. The van der Waals surface area contributed by atoms with E-state index in [1.54, 1.807) is 0 Å². The molecule has 0 atom stereocenters. The quantitative estimate of drug-likeness (QED) is 0.612. The van der Waals surface area contributed by atoms with E-state index < -0.39 is 10.8 Å². The van der Waals surface area contributed by atoms with E-state index in [4.69, 9.17) is 4.74 Å². The highest BCUT2D eigenvalue weighted by atomic mass is 32.1. The van der Waals surface area contributed by atoms with Gasteiger partial charge in [0.25, 0.3) is 11.6 Å². The summed E-state index contributed by atoms with van der Waals surface area (Å²) in [7, 11) is 0. The molecule has 1 fully saturated rings. The highest BCUT2D eigenvalue weighted by molar-refractivity contribution is 7.15. The van der Waals surface area contributed by atoms with Gasteiger partial charge in [0.2, 0.25) is 5.13 Å². The second-order valence-corrected chi connectivity index (χ2v) is 6.53. The standard InChI is InChI=1S/C15H17N5O4S/c21-14(11-2-1-3-12(10-11)20(22)23)16-15-18-17-13(25-15)4-5-19-6-8-24-9-7-19/h1-3,10H,4-9H2,(H,16,18,21). The summed E-state index contributed by atoms with van der Waals surface area (Å²) in [6.07, 6.45) is 0.754. The average molecular weight is 363 g/mol. The lowest BCUT2D eigenvalue weighted by Crippen LogP contribution is -2.37. The van der Waals surface area contributed by atoms with Crippen molar-refractivity contribution in [3.05, 3.63) is 45.0 Å². The second kappa shape index (κ2) is 8.10. The third-order valence-corrected chi connectivity index (χ3v) is 4.65. The first kappa shape index (κ1) is 17.4. The minimum absolute atomic E-state index is 0.129. The fraction of sp³-hybridized carbons (Fsp3) is 0.400. The Labute approximate surface area is 147 Å². The van der Waals surface area contributed by atoms with Crippen LogP contribution < -0.4 is 5.32 Å². The molecule has 1 aliphatic rings. The molecule has 3 rings (SSSR count). The van der Waals surface area contributed by atoms with Crippen LogP contribution in [-0.4, -0.2) is 58.8 Å². The van der Waals surface area contributed by atoms with Crippen molar-refractivity contribution in [3.63, 3.8) is 0 Å². The molecule has 0 saturated carbocycles. The van der Waals surface area contributed by atoms with Crippen LogP contribution in [0, 0.1) is 10.1 Å². The molecule has 0 radical (unpaired) electrons. The van der Waals surface area contributed by atoms with Gasteiger partial charge in [0.1, 0.15) is 5.01 Å². The first-order chi connectivity index (χ1) is 12.1. The second-order valence-electron chi connectivity index (χ2n) is 5.47. The molecule has 10 heteroatoms. The highest BCUT2D eigenvalue weighted by Gasteiger charge is 2.15. The molecule has 132 valence electrons. The molecule has 1 aromatic carbocycles. The van der Waals surface area contributed by atoms with Crippen molar-refractivity contribution in [3.8, 4) is 0 Å². The zero-order valence-electron chi connectivity index (χ0n) is 13.4. The largest absolute Gasteiger partial charge is 0.379 e. The molecular weight excluding hydrogens is 346 g/mol. The topological polar surface area (TPSA) is 110 Å². The number of benzene rings is 1. The number of nitro groups is 1. The van der Waals surface area contributed by atoms with E-state index in [0.717, 1.165) is 44.3 Å². The molecule has 1 aliphatic heterocycles. The average Bonchev–Trinajstić information content (AvgIpc) is 3.08. The molecule has 25 heavy (non-hydrogen) atoms. The van der Waals surface area contributed by atoms with E-state index in [1.165, 1.54) is 35.6 Å². The van der Waals surface area contributed by atoms with Gasteiger partial charge in [-0.05, 0) is 6.07 Å². The molecule has 1 amide bonds. The molecule has 1 aromatic heterocycles. The van der Waals surface area contributed by atoms with Crippen LogP contribution in [0.1, 0.15) is 15.4 Å². The van der Waals surface area contributed by atoms with Crippen molar-refractivity contribution in [1.29, 1.82) is 0 Å². The summed E-state index contributed by atoms with van der Waals surface area (Å²) in [5.41, 5.74) is 0.0791. The first-order valence-corrected chi connectivity index (χ1v) is 8.62. The Morgan fingerprint density at radius 2 is 2.16 bits per heavy atom. The normalized spacial score (nSPS) is 15.0. The zero-order chi connectivity index (χ0) is 17.6. The highest BCUT2D eigenvalue weighted by Crippen LogP contribution is 2.19. The number of morpholine rings is 1. The van der Waals surface area contributed by atoms with E-state index in [-0.39, 0.29) is 11.3 Å². The lowest BCUT2D eigenvalue weighted by atomic mass is 10.2. The van der Waals surface area contributed by atoms with Gasteiger partial charge in [-0.3, -0.25) is 25.1 Å². The number of carbonyl (C=O) groups is 1. The molecule has 9 nitrogen and oxygen atoms in total. The van der Waals surface area contributed by atoms with Crippen molar-refractivity contribution in [1.82, 2.24) is 15.1 Å². The first-order valence-electron chi connectivity index (χ1n) is 7.80. The maximum Gasteiger partial charge on any atom is 0.270 e. The van der Waals surface area contributed by atoms with E-state index in [2.05, 4.69) is 20.4 Å². The molecule has 1 N–H and O–H groups in total. The van der Waals surface area contributed by atoms with Crippen molar-refractivity contribution in [2.75, 3.05) is 38.2 Å². The number of ether oxygens (including phenoxy) is 1. The van der Waals surface area contributed by atoms with Crippen molar-refractivity contribution >= 4 is 28.1 Å². The van der Waals surface area contributed by atoms with Crippen LogP contribution in [0.3, 0.4) is 0 Å². The Morgan fingerprint density at radius 3 is 2.92 bits per heavy atom. The summed E-state index contributed by atoms with van der Waals surface area (Å²) in [5.74, 6) is -0.445. The summed E-state index contributed by atoms with van der Waals surface area (Å²) in [6, 6.07) is 5.56. The SMILES string of the molecule is O=C(Nc1nnc(CCN2CCOCC2)s1)c1cccc([N+](=O)[O-])c1. The van der Waals surface area contributed by atoms with Crippen LogP contribution in [0.25, 0.3) is 0 Å². The summed E-state index contributed by atoms with van der Waals surface area (Å²) >= 11 is 1.31. The molecule has 0 spiro atoms. The van der Waals surface area contributed by atoms with Gasteiger partial charge in [-0.25, -0.2) is 0 Å². The van der Waals surface area contributed by atoms with Gasteiger partial charge in [-0.1, -0.05) is 17.4 Å². The van der Waals surface area contributed by atoms with Crippen LogP contribution >= 0.6 is 11.3 Å². The van der Waals surface area contributed by atoms with E-state index in [0.29, 0.717) is 5.13 Å². The van der Waals surface area contributed by atoms with Crippen LogP contribution in [-0.2, 0) is 11.2 Å². The summed E-state index contributed by atoms with van der Waals surface area (Å²) in [5, 5.41) is 22.7. The third kappa shape index (κ3) is 4.78. The van der Waals surface area contributed by atoms with Gasteiger partial charge >= 0.3 is 0 Å². The van der Waals surface area contributed by atoms with E-state index in [1.807, 2.05) is 0 Å². The molecule has 0 aliphatic carbocycles. The van der Waals surface area contributed by atoms with Gasteiger partial charge in [0, 0.05) is 43.8 Å². The smallest absolute Gasteiger partial charge is 0.270 e. The molecule has 2 heterocycles. The minimum Gasteiger partial charge on any atom is -0.379 e. The number of hydrogen-bond acceptors (Lipinski definition) is 8.